The Morgan fingerprint density at radius 1 is 1.26 bits per heavy atom. The number of benzene rings is 1. The monoisotopic (exact) mass is 318 g/mol. The number of nitrogens with zero attached hydrogens (tertiary/aromatic N) is 2. The highest BCUT2D eigenvalue weighted by atomic mass is 16.2. The molecule has 2 rings (SSSR count). The zero-order valence-corrected chi connectivity index (χ0v) is 14.6. The van der Waals surface area contributed by atoms with E-state index in [1.165, 1.54) is 5.56 Å². The predicted molar refractivity (Wildman–Crippen MR) is 95.3 cm³/mol. The van der Waals surface area contributed by atoms with Crippen LogP contribution in [0.3, 0.4) is 0 Å². The van der Waals surface area contributed by atoms with Gasteiger partial charge in [0.15, 0.2) is 0 Å². The van der Waals surface area contributed by atoms with Crippen LogP contribution >= 0.6 is 0 Å². The van der Waals surface area contributed by atoms with Crippen molar-refractivity contribution in [2.75, 3.05) is 38.5 Å². The first-order valence-electron chi connectivity index (χ1n) is 8.50. The van der Waals surface area contributed by atoms with Crippen LogP contribution in [0.4, 0.5) is 5.69 Å². The highest BCUT2D eigenvalue weighted by Crippen LogP contribution is 2.15. The normalized spacial score (nSPS) is 18.1. The van der Waals surface area contributed by atoms with Crippen molar-refractivity contribution in [1.29, 1.82) is 0 Å². The molecule has 0 aliphatic carbocycles. The van der Waals surface area contributed by atoms with Gasteiger partial charge in [0, 0.05) is 38.4 Å². The Morgan fingerprint density at radius 3 is 2.61 bits per heavy atom. The number of nitrogens with two attached hydrogens (primary N) is 1. The van der Waals surface area contributed by atoms with Crippen LogP contribution < -0.4 is 11.1 Å². The Bertz CT molecular complexity index is 509. The van der Waals surface area contributed by atoms with Crippen LogP contribution in [0.15, 0.2) is 24.3 Å². The van der Waals surface area contributed by atoms with E-state index in [0.717, 1.165) is 38.4 Å². The molecule has 23 heavy (non-hydrogen) atoms. The van der Waals surface area contributed by atoms with Gasteiger partial charge in [-0.25, -0.2) is 0 Å². The first-order chi connectivity index (χ1) is 10.9. The molecule has 0 bridgehead atoms. The van der Waals surface area contributed by atoms with Crippen molar-refractivity contribution >= 4 is 11.6 Å². The maximum atomic E-state index is 12.1. The van der Waals surface area contributed by atoms with Crippen LogP contribution in [0, 0.1) is 5.92 Å². The fourth-order valence-electron chi connectivity index (χ4n) is 2.86. The third-order valence-electron chi connectivity index (χ3n) is 4.26. The number of hydrogen-bond donors (Lipinski definition) is 2. The lowest BCUT2D eigenvalue weighted by Gasteiger charge is -2.32. The van der Waals surface area contributed by atoms with E-state index in [9.17, 15) is 4.79 Å². The van der Waals surface area contributed by atoms with Crippen molar-refractivity contribution in [3.05, 3.63) is 29.8 Å². The third kappa shape index (κ3) is 5.94. The summed E-state index contributed by atoms with van der Waals surface area (Å²) in [6.07, 6.45) is 0.701. The minimum absolute atomic E-state index is 0.101. The summed E-state index contributed by atoms with van der Waals surface area (Å²) in [5, 5.41) is 2.94. The lowest BCUT2D eigenvalue weighted by molar-refractivity contribution is -0.117. The molecule has 1 fully saturated rings. The maximum absolute atomic E-state index is 12.1. The van der Waals surface area contributed by atoms with Crippen LogP contribution in [-0.2, 0) is 11.3 Å². The van der Waals surface area contributed by atoms with Gasteiger partial charge in [0.05, 0.1) is 6.04 Å². The second-order valence-electron chi connectivity index (χ2n) is 7.01. The van der Waals surface area contributed by atoms with Gasteiger partial charge < -0.3 is 16.0 Å². The van der Waals surface area contributed by atoms with Gasteiger partial charge in [-0.15, -0.1) is 0 Å². The van der Waals surface area contributed by atoms with Crippen molar-refractivity contribution in [1.82, 2.24) is 9.80 Å². The molecule has 5 nitrogen and oxygen atoms in total. The highest BCUT2D eigenvalue weighted by molar-refractivity contribution is 5.94. The zero-order valence-electron chi connectivity index (χ0n) is 14.6. The van der Waals surface area contributed by atoms with Crippen LogP contribution in [0.2, 0.25) is 0 Å². The molecular formula is C18H30N4O. The van der Waals surface area contributed by atoms with E-state index < -0.39 is 6.04 Å². The molecule has 1 heterocycles. The Balaban J connectivity index is 1.90. The van der Waals surface area contributed by atoms with Crippen LogP contribution in [0.25, 0.3) is 0 Å². The molecule has 0 unspecified atom stereocenters. The molecule has 1 amide bonds. The molecule has 1 saturated heterocycles. The quantitative estimate of drug-likeness (QED) is 0.839. The lowest BCUT2D eigenvalue weighted by Crippen LogP contribution is -2.43. The molecule has 1 aromatic rings. The number of likely N-dealkylation sites (N-methyl/N-ethyl adjacent to an activating group) is 1. The number of hydrogen-bond acceptors (Lipinski definition) is 4. The molecule has 3 N–H and O–H groups in total. The minimum Gasteiger partial charge on any atom is -0.325 e. The molecular weight excluding hydrogens is 288 g/mol. The van der Waals surface area contributed by atoms with E-state index >= 15 is 0 Å². The van der Waals surface area contributed by atoms with E-state index in [0.29, 0.717) is 12.3 Å². The van der Waals surface area contributed by atoms with Gasteiger partial charge >= 0.3 is 0 Å². The lowest BCUT2D eigenvalue weighted by atomic mass is 10.0. The molecule has 0 radical (unpaired) electrons. The molecule has 0 saturated carbocycles. The van der Waals surface area contributed by atoms with E-state index in [1.54, 1.807) is 0 Å². The van der Waals surface area contributed by atoms with E-state index in [4.69, 9.17) is 5.73 Å². The summed E-state index contributed by atoms with van der Waals surface area (Å²) < 4.78 is 0. The van der Waals surface area contributed by atoms with Gasteiger partial charge in [-0.2, -0.15) is 0 Å². The Hall–Kier alpha value is -1.43. The van der Waals surface area contributed by atoms with Crippen LogP contribution in [-0.4, -0.2) is 55.0 Å². The van der Waals surface area contributed by atoms with E-state index in [2.05, 4.69) is 48.1 Å². The number of piperazine rings is 1. The zero-order chi connectivity index (χ0) is 16.8. The first-order valence-corrected chi connectivity index (χ1v) is 8.50. The van der Waals surface area contributed by atoms with Gasteiger partial charge in [-0.3, -0.25) is 9.69 Å². The molecule has 0 spiro atoms. The van der Waals surface area contributed by atoms with Crippen LogP contribution in [0.5, 0.6) is 0 Å². The standard InChI is InChI=1S/C18H30N4O/c1-14(2)11-17(19)18(23)20-16-6-4-5-15(12-16)13-22-9-7-21(3)8-10-22/h4-6,12,14,17H,7-11,13,19H2,1-3H3,(H,20,23)/t17-/m0/s1. The summed E-state index contributed by atoms with van der Waals surface area (Å²) in [5.41, 5.74) is 8.00. The number of rotatable bonds is 6. The molecule has 128 valence electrons. The third-order valence-corrected chi connectivity index (χ3v) is 4.26. The van der Waals surface area contributed by atoms with Crippen molar-refractivity contribution in [2.24, 2.45) is 11.7 Å². The highest BCUT2D eigenvalue weighted by Gasteiger charge is 2.16. The molecule has 1 aliphatic rings. The van der Waals surface area contributed by atoms with Gasteiger partial charge in [0.25, 0.3) is 0 Å². The average Bonchev–Trinajstić information content (AvgIpc) is 2.49. The van der Waals surface area contributed by atoms with Gasteiger partial charge in [-0.1, -0.05) is 26.0 Å². The molecule has 1 aromatic carbocycles. The summed E-state index contributed by atoms with van der Waals surface area (Å²) in [6, 6.07) is 7.64. The van der Waals surface area contributed by atoms with Crippen molar-refractivity contribution in [3.63, 3.8) is 0 Å². The Morgan fingerprint density at radius 2 is 1.96 bits per heavy atom. The molecule has 1 atom stereocenters. The number of carbonyl (C=O) groups excluding carboxylic acids is 1. The van der Waals surface area contributed by atoms with Crippen LogP contribution in [0.1, 0.15) is 25.8 Å². The van der Waals surface area contributed by atoms with E-state index in [1.807, 2.05) is 12.1 Å². The summed E-state index contributed by atoms with van der Waals surface area (Å²) in [6.45, 7) is 9.48. The van der Waals surface area contributed by atoms with E-state index in [-0.39, 0.29) is 5.91 Å². The van der Waals surface area contributed by atoms with Crippen molar-refractivity contribution in [2.45, 2.75) is 32.9 Å². The molecule has 1 aliphatic heterocycles. The fourth-order valence-corrected chi connectivity index (χ4v) is 2.86. The number of amides is 1. The summed E-state index contributed by atoms with van der Waals surface area (Å²) in [7, 11) is 2.16. The largest absolute Gasteiger partial charge is 0.325 e. The SMILES string of the molecule is CC(C)C[C@H](N)C(=O)Nc1cccc(CN2CCN(C)CC2)c1. The number of carbonyl (C=O) groups is 1. The maximum Gasteiger partial charge on any atom is 0.241 e. The average molecular weight is 318 g/mol. The Kier molecular flexibility index (Phi) is 6.57. The smallest absolute Gasteiger partial charge is 0.241 e. The Labute approximate surface area is 139 Å². The summed E-state index contributed by atoms with van der Waals surface area (Å²) in [4.78, 5) is 16.9. The second kappa shape index (κ2) is 8.43. The molecule has 0 aromatic heterocycles. The fraction of sp³-hybridized carbons (Fsp3) is 0.611. The first kappa shape index (κ1) is 17.9. The predicted octanol–water partition coefficient (Wildman–Crippen LogP) is 1.75. The number of nitrogens with one attached hydrogen (secondary N) is 1. The van der Waals surface area contributed by atoms with Gasteiger partial charge in [-0.05, 0) is 37.1 Å². The molecule has 5 heteroatoms. The van der Waals surface area contributed by atoms with Gasteiger partial charge in [0.1, 0.15) is 0 Å². The van der Waals surface area contributed by atoms with Gasteiger partial charge in [0.2, 0.25) is 5.91 Å². The number of anilines is 1. The van der Waals surface area contributed by atoms with Crippen molar-refractivity contribution < 1.29 is 4.79 Å². The summed E-state index contributed by atoms with van der Waals surface area (Å²) in [5.74, 6) is 0.315. The summed E-state index contributed by atoms with van der Waals surface area (Å²) >= 11 is 0. The minimum atomic E-state index is -0.448. The topological polar surface area (TPSA) is 61.6 Å². The van der Waals surface area contributed by atoms with Crippen molar-refractivity contribution in [3.8, 4) is 0 Å². The second-order valence-corrected chi connectivity index (χ2v) is 7.01.